The van der Waals surface area contributed by atoms with Gasteiger partial charge in [-0.05, 0) is 37.6 Å². The lowest BCUT2D eigenvalue weighted by molar-refractivity contribution is -0.385. The lowest BCUT2D eigenvalue weighted by Gasteiger charge is -2.07. The quantitative estimate of drug-likeness (QED) is 0.331. The van der Waals surface area contributed by atoms with Crippen molar-refractivity contribution in [3.05, 3.63) is 63.7 Å². The van der Waals surface area contributed by atoms with Gasteiger partial charge < -0.3 is 10.6 Å². The number of hydrogen-bond donors (Lipinski definition) is 2. The number of nitrogens with zero attached hydrogens (tertiary/aromatic N) is 3. The highest BCUT2D eigenvalue weighted by Gasteiger charge is 2.15. The van der Waals surface area contributed by atoms with Crippen LogP contribution in [0.2, 0.25) is 0 Å². The third kappa shape index (κ3) is 5.05. The van der Waals surface area contributed by atoms with Crippen molar-refractivity contribution in [2.45, 2.75) is 18.2 Å². The van der Waals surface area contributed by atoms with E-state index in [1.54, 1.807) is 19.1 Å². The first-order valence-electron chi connectivity index (χ1n) is 8.26. The summed E-state index contributed by atoms with van der Waals surface area (Å²) in [5, 5.41) is 25.7. The molecule has 1 aromatic heterocycles. The normalized spacial score (nSPS) is 10.5. The largest absolute Gasteiger partial charge is 0.330 e. The average molecular weight is 416 g/mol. The molecule has 144 valence electrons. The molecule has 10 heteroatoms. The monoisotopic (exact) mass is 415 g/mol. The summed E-state index contributed by atoms with van der Waals surface area (Å²) in [5.41, 5.74) is 2.88. The first kappa shape index (κ1) is 19.8. The molecule has 0 saturated carbocycles. The second kappa shape index (κ2) is 8.81. The van der Waals surface area contributed by atoms with E-state index in [2.05, 4.69) is 20.8 Å². The molecule has 0 atom stereocenters. The molecule has 1 amide bonds. The minimum absolute atomic E-state index is 0.0264. The van der Waals surface area contributed by atoms with Crippen LogP contribution in [0.4, 0.5) is 22.2 Å². The predicted molar refractivity (Wildman–Crippen MR) is 112 cm³/mol. The molecule has 28 heavy (non-hydrogen) atoms. The molecule has 2 aromatic carbocycles. The van der Waals surface area contributed by atoms with Gasteiger partial charge in [0.15, 0.2) is 4.34 Å². The number of benzene rings is 2. The lowest BCUT2D eigenvalue weighted by Crippen LogP contribution is -2.15. The van der Waals surface area contributed by atoms with Gasteiger partial charge in [0.1, 0.15) is 0 Å². The summed E-state index contributed by atoms with van der Waals surface area (Å²) in [6.07, 6.45) is 0. The van der Waals surface area contributed by atoms with Gasteiger partial charge in [-0.25, -0.2) is 0 Å². The van der Waals surface area contributed by atoms with Crippen molar-refractivity contribution < 1.29 is 9.72 Å². The third-order valence-corrected chi connectivity index (χ3v) is 5.75. The summed E-state index contributed by atoms with van der Waals surface area (Å²) >= 11 is 2.61. The Labute approximate surface area is 169 Å². The fraction of sp³-hybridized carbons (Fsp3) is 0.167. The molecular formula is C18H17N5O3S2. The second-order valence-electron chi connectivity index (χ2n) is 5.91. The number of rotatable bonds is 7. The first-order chi connectivity index (χ1) is 13.4. The summed E-state index contributed by atoms with van der Waals surface area (Å²) in [6.45, 7) is 3.61. The lowest BCUT2D eigenvalue weighted by atomic mass is 10.1. The van der Waals surface area contributed by atoms with E-state index in [1.807, 2.05) is 31.2 Å². The summed E-state index contributed by atoms with van der Waals surface area (Å²) in [4.78, 5) is 22.7. The fourth-order valence-corrected chi connectivity index (χ4v) is 4.01. The Balaban J connectivity index is 1.56. The van der Waals surface area contributed by atoms with Crippen LogP contribution in [0.15, 0.2) is 46.8 Å². The standard InChI is InChI=1S/C18H17N5O3S2/c1-11-5-3-6-13(9-11)19-17-21-22-18(28-17)27-10-16(24)20-14-7-4-8-15(12(14)2)23(25)26/h3-9H,10H2,1-2H3,(H,19,21)(H,20,24). The maximum absolute atomic E-state index is 12.2. The van der Waals surface area contributed by atoms with Gasteiger partial charge in [0.2, 0.25) is 11.0 Å². The molecule has 0 aliphatic heterocycles. The van der Waals surface area contributed by atoms with Crippen molar-refractivity contribution in [3.63, 3.8) is 0 Å². The zero-order valence-corrected chi connectivity index (χ0v) is 16.8. The Morgan fingerprint density at radius 1 is 1.21 bits per heavy atom. The van der Waals surface area contributed by atoms with E-state index in [-0.39, 0.29) is 17.3 Å². The van der Waals surface area contributed by atoms with Gasteiger partial charge in [0.05, 0.1) is 21.9 Å². The molecule has 8 nitrogen and oxygen atoms in total. The molecule has 0 bridgehead atoms. The molecule has 3 aromatic rings. The van der Waals surface area contributed by atoms with Gasteiger partial charge in [0.25, 0.3) is 5.69 Å². The summed E-state index contributed by atoms with van der Waals surface area (Å²) in [7, 11) is 0. The van der Waals surface area contributed by atoms with Crippen molar-refractivity contribution in [3.8, 4) is 0 Å². The van der Waals surface area contributed by atoms with E-state index < -0.39 is 4.92 Å². The Hall–Kier alpha value is -2.98. The number of nitrogens with one attached hydrogen (secondary N) is 2. The Morgan fingerprint density at radius 2 is 2.00 bits per heavy atom. The maximum atomic E-state index is 12.2. The van der Waals surface area contributed by atoms with E-state index in [4.69, 9.17) is 0 Å². The Kier molecular flexibility index (Phi) is 6.22. The number of amides is 1. The third-order valence-electron chi connectivity index (χ3n) is 3.78. The van der Waals surface area contributed by atoms with Crippen LogP contribution in [0.3, 0.4) is 0 Å². The molecule has 0 spiro atoms. The minimum Gasteiger partial charge on any atom is -0.330 e. The number of hydrogen-bond acceptors (Lipinski definition) is 8. The molecule has 0 saturated heterocycles. The molecular weight excluding hydrogens is 398 g/mol. The van der Waals surface area contributed by atoms with Crippen LogP contribution in [0.1, 0.15) is 11.1 Å². The Bertz CT molecular complexity index is 1020. The van der Waals surface area contributed by atoms with Gasteiger partial charge in [-0.2, -0.15) is 0 Å². The fourth-order valence-electron chi connectivity index (χ4n) is 2.44. The van der Waals surface area contributed by atoms with Crippen LogP contribution in [-0.2, 0) is 4.79 Å². The highest BCUT2D eigenvalue weighted by molar-refractivity contribution is 8.01. The molecule has 1 heterocycles. The molecule has 0 fully saturated rings. The zero-order chi connectivity index (χ0) is 20.1. The van der Waals surface area contributed by atoms with Crippen LogP contribution in [-0.4, -0.2) is 26.8 Å². The summed E-state index contributed by atoms with van der Waals surface area (Å²) < 4.78 is 0.654. The zero-order valence-electron chi connectivity index (χ0n) is 15.1. The smallest absolute Gasteiger partial charge is 0.274 e. The molecule has 0 radical (unpaired) electrons. The van der Waals surface area contributed by atoms with Gasteiger partial charge in [-0.15, -0.1) is 10.2 Å². The highest BCUT2D eigenvalue weighted by atomic mass is 32.2. The van der Waals surface area contributed by atoms with Gasteiger partial charge >= 0.3 is 0 Å². The summed E-state index contributed by atoms with van der Waals surface area (Å²) in [5.74, 6) is -0.140. The first-order valence-corrected chi connectivity index (χ1v) is 10.1. The number of aromatic nitrogens is 2. The van der Waals surface area contributed by atoms with Crippen molar-refractivity contribution in [2.75, 3.05) is 16.4 Å². The number of carbonyl (C=O) groups excluding carboxylic acids is 1. The van der Waals surface area contributed by atoms with E-state index in [9.17, 15) is 14.9 Å². The van der Waals surface area contributed by atoms with Crippen LogP contribution >= 0.6 is 23.1 Å². The average Bonchev–Trinajstić information content (AvgIpc) is 3.09. The second-order valence-corrected chi connectivity index (χ2v) is 8.11. The van der Waals surface area contributed by atoms with Gasteiger partial charge in [-0.1, -0.05) is 41.3 Å². The highest BCUT2D eigenvalue weighted by Crippen LogP contribution is 2.29. The van der Waals surface area contributed by atoms with Gasteiger partial charge in [0, 0.05) is 11.8 Å². The molecule has 2 N–H and O–H groups in total. The molecule has 0 aliphatic rings. The topological polar surface area (TPSA) is 110 Å². The predicted octanol–water partition coefficient (Wildman–Crippen LogP) is 4.54. The van der Waals surface area contributed by atoms with E-state index in [1.165, 1.54) is 29.2 Å². The van der Waals surface area contributed by atoms with Gasteiger partial charge in [-0.3, -0.25) is 14.9 Å². The molecule has 0 aliphatic carbocycles. The number of aryl methyl sites for hydroxylation is 1. The number of carbonyl (C=O) groups is 1. The Morgan fingerprint density at radius 3 is 2.75 bits per heavy atom. The van der Waals surface area contributed by atoms with Crippen LogP contribution < -0.4 is 10.6 Å². The summed E-state index contributed by atoms with van der Waals surface area (Å²) in [6, 6.07) is 12.5. The van der Waals surface area contributed by atoms with Crippen molar-refractivity contribution in [2.24, 2.45) is 0 Å². The van der Waals surface area contributed by atoms with E-state index >= 15 is 0 Å². The van der Waals surface area contributed by atoms with Crippen molar-refractivity contribution in [1.29, 1.82) is 0 Å². The van der Waals surface area contributed by atoms with Crippen LogP contribution in [0.25, 0.3) is 0 Å². The maximum Gasteiger partial charge on any atom is 0.274 e. The van der Waals surface area contributed by atoms with E-state index in [0.29, 0.717) is 20.7 Å². The van der Waals surface area contributed by atoms with Crippen LogP contribution in [0, 0.1) is 24.0 Å². The number of nitro groups is 1. The molecule has 0 unspecified atom stereocenters. The van der Waals surface area contributed by atoms with Crippen molar-refractivity contribution in [1.82, 2.24) is 10.2 Å². The van der Waals surface area contributed by atoms with Crippen molar-refractivity contribution >= 4 is 51.2 Å². The van der Waals surface area contributed by atoms with E-state index in [0.717, 1.165) is 11.3 Å². The van der Waals surface area contributed by atoms with Crippen LogP contribution in [0.5, 0.6) is 0 Å². The number of nitro benzene ring substituents is 1. The number of thioether (sulfide) groups is 1. The number of anilines is 3. The molecule has 3 rings (SSSR count). The SMILES string of the molecule is Cc1cccc(Nc2nnc(SCC(=O)Nc3cccc([N+](=O)[O-])c3C)s2)c1. The minimum atomic E-state index is -0.469.